The Morgan fingerprint density at radius 3 is 2.72 bits per heavy atom. The summed E-state index contributed by atoms with van der Waals surface area (Å²) in [6, 6.07) is 7.00. The van der Waals surface area contributed by atoms with E-state index in [1.54, 1.807) is 24.3 Å². The monoisotopic (exact) mass is 263 g/mol. The third kappa shape index (κ3) is 2.95. The molecule has 6 heteroatoms. The fourth-order valence-corrected chi connectivity index (χ4v) is 1.47. The number of anilines is 1. The molecule has 1 aromatic heterocycles. The Morgan fingerprint density at radius 2 is 2.00 bits per heavy atom. The largest absolute Gasteiger partial charge is 0.434 e. The maximum atomic E-state index is 11.1. The van der Waals surface area contributed by atoms with E-state index >= 15 is 0 Å². The average Bonchev–Trinajstić information content (AvgIpc) is 2.34. The fourth-order valence-electron chi connectivity index (χ4n) is 1.33. The minimum atomic E-state index is -0.184. The third-order valence-electron chi connectivity index (χ3n) is 2.03. The number of carbonyl (C=O) groups excluding carboxylic acids is 1. The number of rotatable bonds is 3. The minimum Gasteiger partial charge on any atom is -0.434 e. The summed E-state index contributed by atoms with van der Waals surface area (Å²) in [5, 5.41) is 2.82. The fraction of sp³-hybridized carbons (Fsp3) is 0.0833. The molecule has 2 rings (SSSR count). The first-order valence-electron chi connectivity index (χ1n) is 5.18. The lowest BCUT2D eigenvalue weighted by molar-refractivity contribution is -0.114. The SMILES string of the molecule is CC(=O)Nc1ccccc1Oc1nccnc1Cl. The first-order chi connectivity index (χ1) is 8.66. The second-order valence-corrected chi connectivity index (χ2v) is 3.79. The highest BCUT2D eigenvalue weighted by Gasteiger charge is 2.09. The number of nitrogens with zero attached hydrogens (tertiary/aromatic N) is 2. The lowest BCUT2D eigenvalue weighted by Crippen LogP contribution is -2.07. The van der Waals surface area contributed by atoms with Crippen molar-refractivity contribution in [1.82, 2.24) is 9.97 Å². The number of aromatic nitrogens is 2. The number of amides is 1. The number of nitrogens with one attached hydrogen (secondary N) is 1. The quantitative estimate of drug-likeness (QED) is 0.925. The lowest BCUT2D eigenvalue weighted by Gasteiger charge is -2.10. The molecule has 18 heavy (non-hydrogen) atoms. The standard InChI is InChI=1S/C12H10ClN3O2/c1-8(17)16-9-4-2-3-5-10(9)18-12-11(13)14-6-7-15-12/h2-7H,1H3,(H,16,17). The van der Waals surface area contributed by atoms with Crippen molar-refractivity contribution in [3.63, 3.8) is 0 Å². The van der Waals surface area contributed by atoms with E-state index < -0.39 is 0 Å². The van der Waals surface area contributed by atoms with Gasteiger partial charge in [-0.15, -0.1) is 0 Å². The normalized spacial score (nSPS) is 9.89. The second kappa shape index (κ2) is 5.46. The summed E-state index contributed by atoms with van der Waals surface area (Å²) in [5.74, 6) is 0.461. The van der Waals surface area contributed by atoms with Crippen LogP contribution in [0.25, 0.3) is 0 Å². The molecule has 5 nitrogen and oxygen atoms in total. The molecule has 2 aromatic rings. The summed E-state index contributed by atoms with van der Waals surface area (Å²) < 4.78 is 5.52. The molecule has 1 aromatic carbocycles. The number of para-hydroxylation sites is 2. The highest BCUT2D eigenvalue weighted by molar-refractivity contribution is 6.30. The predicted molar refractivity (Wildman–Crippen MR) is 67.9 cm³/mol. The van der Waals surface area contributed by atoms with Crippen LogP contribution in [0.15, 0.2) is 36.7 Å². The van der Waals surface area contributed by atoms with E-state index in [4.69, 9.17) is 16.3 Å². The van der Waals surface area contributed by atoms with Gasteiger partial charge in [-0.1, -0.05) is 23.7 Å². The van der Waals surface area contributed by atoms with E-state index in [1.165, 1.54) is 19.3 Å². The summed E-state index contributed by atoms with van der Waals surface area (Å²) in [7, 11) is 0. The van der Waals surface area contributed by atoms with Crippen LogP contribution in [0.1, 0.15) is 6.92 Å². The predicted octanol–water partition coefficient (Wildman–Crippen LogP) is 2.88. The van der Waals surface area contributed by atoms with Crippen LogP contribution in [0.3, 0.4) is 0 Å². The van der Waals surface area contributed by atoms with Gasteiger partial charge < -0.3 is 10.1 Å². The van der Waals surface area contributed by atoms with Gasteiger partial charge in [0, 0.05) is 19.3 Å². The molecule has 0 aliphatic carbocycles. The zero-order valence-corrected chi connectivity index (χ0v) is 10.3. The van der Waals surface area contributed by atoms with E-state index in [0.29, 0.717) is 11.4 Å². The first-order valence-corrected chi connectivity index (χ1v) is 5.55. The Hall–Kier alpha value is -2.14. The number of carbonyl (C=O) groups is 1. The Labute approximate surface area is 109 Å². The van der Waals surface area contributed by atoms with E-state index in [-0.39, 0.29) is 16.9 Å². The van der Waals surface area contributed by atoms with Crippen LogP contribution < -0.4 is 10.1 Å². The van der Waals surface area contributed by atoms with Crippen LogP contribution in [0.5, 0.6) is 11.6 Å². The van der Waals surface area contributed by atoms with Gasteiger partial charge in [-0.3, -0.25) is 4.79 Å². The van der Waals surface area contributed by atoms with Crippen molar-refractivity contribution >= 4 is 23.2 Å². The average molecular weight is 264 g/mol. The van der Waals surface area contributed by atoms with Crippen molar-refractivity contribution in [3.8, 4) is 11.6 Å². The van der Waals surface area contributed by atoms with Crippen LogP contribution >= 0.6 is 11.6 Å². The Bertz CT molecular complexity index is 575. The molecule has 92 valence electrons. The van der Waals surface area contributed by atoms with Gasteiger partial charge in [0.05, 0.1) is 5.69 Å². The lowest BCUT2D eigenvalue weighted by atomic mass is 10.3. The zero-order valence-electron chi connectivity index (χ0n) is 9.55. The van der Waals surface area contributed by atoms with Gasteiger partial charge in [-0.2, -0.15) is 0 Å². The second-order valence-electron chi connectivity index (χ2n) is 3.43. The zero-order chi connectivity index (χ0) is 13.0. The molecule has 0 atom stereocenters. The molecule has 0 saturated carbocycles. The minimum absolute atomic E-state index is 0.162. The third-order valence-corrected chi connectivity index (χ3v) is 2.29. The molecule has 0 unspecified atom stereocenters. The molecule has 0 fully saturated rings. The van der Waals surface area contributed by atoms with Gasteiger partial charge in [0.15, 0.2) is 10.9 Å². The van der Waals surface area contributed by atoms with Crippen molar-refractivity contribution in [1.29, 1.82) is 0 Å². The van der Waals surface area contributed by atoms with E-state index in [0.717, 1.165) is 0 Å². The molecule has 0 saturated heterocycles. The summed E-state index contributed by atoms with van der Waals surface area (Å²) in [6.07, 6.45) is 2.94. The Balaban J connectivity index is 2.29. The summed E-state index contributed by atoms with van der Waals surface area (Å²) in [4.78, 5) is 18.9. The van der Waals surface area contributed by atoms with Crippen molar-refractivity contribution < 1.29 is 9.53 Å². The van der Waals surface area contributed by atoms with Gasteiger partial charge in [-0.05, 0) is 12.1 Å². The Kier molecular flexibility index (Phi) is 3.74. The first kappa shape index (κ1) is 12.3. The maximum absolute atomic E-state index is 11.1. The molecule has 1 heterocycles. The molecule has 1 N–H and O–H groups in total. The number of benzene rings is 1. The molecular formula is C12H10ClN3O2. The number of hydrogen-bond donors (Lipinski definition) is 1. The van der Waals surface area contributed by atoms with E-state index in [9.17, 15) is 4.79 Å². The van der Waals surface area contributed by atoms with Gasteiger partial charge in [0.2, 0.25) is 5.91 Å². The van der Waals surface area contributed by atoms with Gasteiger partial charge >= 0.3 is 0 Å². The highest BCUT2D eigenvalue weighted by Crippen LogP contribution is 2.30. The molecule has 0 aliphatic rings. The molecule has 1 amide bonds. The van der Waals surface area contributed by atoms with Crippen LogP contribution in [0.4, 0.5) is 5.69 Å². The maximum Gasteiger partial charge on any atom is 0.257 e. The van der Waals surface area contributed by atoms with Crippen LogP contribution in [0.2, 0.25) is 5.15 Å². The molecule has 0 radical (unpaired) electrons. The number of ether oxygens (including phenoxy) is 1. The summed E-state index contributed by atoms with van der Waals surface area (Å²) >= 11 is 5.85. The number of halogens is 1. The molecule has 0 bridgehead atoms. The molecule has 0 spiro atoms. The van der Waals surface area contributed by atoms with E-state index in [2.05, 4.69) is 15.3 Å². The summed E-state index contributed by atoms with van der Waals surface area (Å²) in [5.41, 5.74) is 0.548. The number of hydrogen-bond acceptors (Lipinski definition) is 4. The van der Waals surface area contributed by atoms with Crippen LogP contribution in [-0.2, 0) is 4.79 Å². The van der Waals surface area contributed by atoms with Gasteiger partial charge in [-0.25, -0.2) is 9.97 Å². The van der Waals surface area contributed by atoms with Crippen molar-refractivity contribution in [2.75, 3.05) is 5.32 Å². The van der Waals surface area contributed by atoms with Crippen LogP contribution in [0, 0.1) is 0 Å². The van der Waals surface area contributed by atoms with Crippen molar-refractivity contribution in [2.24, 2.45) is 0 Å². The van der Waals surface area contributed by atoms with Gasteiger partial charge in [0.1, 0.15) is 0 Å². The van der Waals surface area contributed by atoms with Crippen molar-refractivity contribution in [2.45, 2.75) is 6.92 Å². The van der Waals surface area contributed by atoms with Crippen molar-refractivity contribution in [3.05, 3.63) is 41.8 Å². The smallest absolute Gasteiger partial charge is 0.257 e. The molecular weight excluding hydrogens is 254 g/mol. The Morgan fingerprint density at radius 1 is 1.28 bits per heavy atom. The highest BCUT2D eigenvalue weighted by atomic mass is 35.5. The van der Waals surface area contributed by atoms with Crippen LogP contribution in [-0.4, -0.2) is 15.9 Å². The topological polar surface area (TPSA) is 64.1 Å². The van der Waals surface area contributed by atoms with E-state index in [1.807, 2.05) is 0 Å². The van der Waals surface area contributed by atoms with Gasteiger partial charge in [0.25, 0.3) is 5.88 Å². The molecule has 0 aliphatic heterocycles. The summed E-state index contributed by atoms with van der Waals surface area (Å²) in [6.45, 7) is 1.42.